The van der Waals surface area contributed by atoms with Gasteiger partial charge in [0.05, 0.1) is 10.9 Å². The van der Waals surface area contributed by atoms with Crippen molar-refractivity contribution >= 4 is 56.4 Å². The van der Waals surface area contributed by atoms with Crippen molar-refractivity contribution < 1.29 is 37.1 Å². The SMILES string of the molecule is NC(=O)CC1C=CC=CS1(=O)=O.O=C(NCCC(=O)N(OC1CCCCO1)c1cccc(-c2ccc(C3=Cc4ccc5c(c4CC3)CCc3ccccc3-5)s2)c1)OCC1c2ccccc2-c2ccccc21. The number of aryl methyl sites for hydroxylation is 1. The summed E-state index contributed by atoms with van der Waals surface area (Å²) < 4.78 is 34.0. The molecule has 5 aromatic carbocycles. The van der Waals surface area contributed by atoms with E-state index in [1.807, 2.05) is 42.5 Å². The van der Waals surface area contributed by atoms with Gasteiger partial charge < -0.3 is 20.5 Å². The minimum atomic E-state index is -3.29. The van der Waals surface area contributed by atoms with Gasteiger partial charge in [0.15, 0.2) is 16.1 Å². The Bertz CT molecular complexity index is 3160. The smallest absolute Gasteiger partial charge is 0.407 e. The number of hydroxylamine groups is 1. The summed E-state index contributed by atoms with van der Waals surface area (Å²) in [5.41, 5.74) is 21.1. The number of sulfone groups is 1. The summed E-state index contributed by atoms with van der Waals surface area (Å²) >= 11 is 1.78. The summed E-state index contributed by atoms with van der Waals surface area (Å²) in [6.45, 7) is 0.898. The van der Waals surface area contributed by atoms with Gasteiger partial charge in [-0.25, -0.2) is 18.0 Å². The number of fused-ring (bicyclic) bond motifs is 8. The number of nitrogens with one attached hydrogen (secondary N) is 1. The molecule has 362 valence electrons. The van der Waals surface area contributed by atoms with Crippen molar-refractivity contribution in [1.29, 1.82) is 0 Å². The zero-order chi connectivity index (χ0) is 48.9. The minimum Gasteiger partial charge on any atom is -0.449 e. The van der Waals surface area contributed by atoms with E-state index < -0.39 is 33.4 Å². The number of primary amides is 1. The number of amides is 3. The van der Waals surface area contributed by atoms with Crippen LogP contribution in [0.15, 0.2) is 145 Å². The van der Waals surface area contributed by atoms with E-state index in [-0.39, 0.29) is 37.8 Å². The topological polar surface area (TPSA) is 154 Å². The maximum absolute atomic E-state index is 13.9. The molecule has 1 fully saturated rings. The highest BCUT2D eigenvalue weighted by atomic mass is 32.2. The van der Waals surface area contributed by atoms with Gasteiger partial charge in [-0.3, -0.25) is 9.59 Å². The van der Waals surface area contributed by atoms with Crippen molar-refractivity contribution in [1.82, 2.24) is 5.32 Å². The number of nitrogens with two attached hydrogens (primary N) is 1. The number of rotatable bonds is 12. The summed E-state index contributed by atoms with van der Waals surface area (Å²) in [5, 5.41) is 4.45. The first kappa shape index (κ1) is 47.8. The fourth-order valence-electron chi connectivity index (χ4n) is 10.2. The molecule has 3 heterocycles. The van der Waals surface area contributed by atoms with Gasteiger partial charge in [-0.1, -0.05) is 121 Å². The Hall–Kier alpha value is -6.90. The molecule has 13 heteroatoms. The van der Waals surface area contributed by atoms with E-state index in [2.05, 4.69) is 90.3 Å². The number of thiophene rings is 1. The largest absolute Gasteiger partial charge is 0.449 e. The van der Waals surface area contributed by atoms with E-state index in [1.54, 1.807) is 17.4 Å². The van der Waals surface area contributed by atoms with Crippen LogP contribution in [0.5, 0.6) is 0 Å². The van der Waals surface area contributed by atoms with Crippen LogP contribution >= 0.6 is 11.3 Å². The van der Waals surface area contributed by atoms with Crippen molar-refractivity contribution in [3.63, 3.8) is 0 Å². The van der Waals surface area contributed by atoms with E-state index in [0.29, 0.717) is 18.7 Å². The van der Waals surface area contributed by atoms with E-state index >= 15 is 0 Å². The second kappa shape index (κ2) is 21.2. The number of hydrogen-bond acceptors (Lipinski definition) is 9. The summed E-state index contributed by atoms with van der Waals surface area (Å²) in [6, 6.07) is 42.3. The molecule has 3 amide bonds. The third-order valence-electron chi connectivity index (χ3n) is 13.7. The number of carbonyl (C=O) groups is 3. The molecular formula is C58H55N3O8S2. The Labute approximate surface area is 418 Å². The monoisotopic (exact) mass is 985 g/mol. The van der Waals surface area contributed by atoms with Gasteiger partial charge in [-0.05, 0) is 130 Å². The number of ether oxygens (including phenoxy) is 2. The van der Waals surface area contributed by atoms with E-state index in [1.165, 1.54) is 72.2 Å². The molecule has 6 aromatic rings. The lowest BCUT2D eigenvalue weighted by Crippen LogP contribution is -2.39. The number of allylic oxidation sites excluding steroid dienone is 3. The molecule has 5 aliphatic rings. The molecule has 11 rings (SSSR count). The molecule has 11 nitrogen and oxygen atoms in total. The molecule has 0 spiro atoms. The molecular weight excluding hydrogens is 931 g/mol. The standard InChI is InChI=1S/C51H46N2O5S.C7H9NO3S/c54-49(27-28-52-51(55)57-32-46-42-16-5-3-14-40(42)41-15-4-6-17-43(41)46)53(58-50-18-7-8-29-56-50)37-12-9-11-35(31-37)47-25-26-48(59-47)36-21-22-39-34(30-36)20-24-44-38-13-2-1-10-33(38)19-23-45(39)44;8-7(9)5-6-3-1-2-4-12(6,10)11/h1-6,9-17,20,24-26,30-31,46,50H,7-8,18-19,21-23,27-29,32H2,(H,52,55);1-4,6H,5H2,(H2,8,9). The summed E-state index contributed by atoms with van der Waals surface area (Å²) in [7, 11) is -3.29. The molecule has 0 radical (unpaired) electrons. The summed E-state index contributed by atoms with van der Waals surface area (Å²) in [4.78, 5) is 45.9. The number of nitrogens with zero attached hydrogens (tertiary/aromatic N) is 1. The van der Waals surface area contributed by atoms with Crippen molar-refractivity contribution in [2.75, 3.05) is 24.8 Å². The molecule has 1 aromatic heterocycles. The third-order valence-corrected chi connectivity index (χ3v) is 16.7. The lowest BCUT2D eigenvalue weighted by atomic mass is 9.78. The Morgan fingerprint density at radius 2 is 1.51 bits per heavy atom. The molecule has 2 atom stereocenters. The van der Waals surface area contributed by atoms with Gasteiger partial charge in [0.2, 0.25) is 5.91 Å². The highest BCUT2D eigenvalue weighted by Gasteiger charge is 2.30. The zero-order valence-corrected chi connectivity index (χ0v) is 40.9. The second-order valence-electron chi connectivity index (χ2n) is 18.3. The molecule has 71 heavy (non-hydrogen) atoms. The van der Waals surface area contributed by atoms with Crippen LogP contribution in [0.3, 0.4) is 0 Å². The molecule has 2 aliphatic heterocycles. The molecule has 3 N–H and O–H groups in total. The second-order valence-corrected chi connectivity index (χ2v) is 21.4. The van der Waals surface area contributed by atoms with Crippen LogP contribution in [0.1, 0.15) is 82.7 Å². The third kappa shape index (κ3) is 10.6. The number of anilines is 1. The molecule has 3 aliphatic carbocycles. The van der Waals surface area contributed by atoms with Crippen LogP contribution in [0.4, 0.5) is 10.5 Å². The Balaban J connectivity index is 0.000000427. The molecule has 0 saturated carbocycles. The van der Waals surface area contributed by atoms with E-state index in [4.69, 9.17) is 20.0 Å². The molecule has 2 unspecified atom stereocenters. The van der Waals surface area contributed by atoms with Gasteiger partial charge in [0.1, 0.15) is 6.61 Å². The first-order chi connectivity index (χ1) is 34.6. The van der Waals surface area contributed by atoms with Crippen molar-refractivity contribution in [2.45, 2.75) is 75.2 Å². The Morgan fingerprint density at radius 1 is 0.761 bits per heavy atom. The molecule has 1 saturated heterocycles. The average Bonchev–Trinajstić information content (AvgIpc) is 4.02. The van der Waals surface area contributed by atoms with Crippen molar-refractivity contribution in [2.24, 2.45) is 5.73 Å². The summed E-state index contributed by atoms with van der Waals surface area (Å²) in [5.74, 6) is -0.927. The minimum absolute atomic E-state index is 0.0235. The van der Waals surface area contributed by atoms with E-state index in [0.717, 1.165) is 65.5 Å². The average molecular weight is 986 g/mol. The maximum atomic E-state index is 13.9. The first-order valence-electron chi connectivity index (χ1n) is 24.3. The lowest BCUT2D eigenvalue weighted by Gasteiger charge is -2.29. The van der Waals surface area contributed by atoms with Crippen LogP contribution < -0.4 is 16.1 Å². The number of benzene rings is 5. The van der Waals surface area contributed by atoms with Crippen LogP contribution in [0.2, 0.25) is 0 Å². The molecule has 0 bridgehead atoms. The predicted octanol–water partition coefficient (Wildman–Crippen LogP) is 11.1. The predicted molar refractivity (Wildman–Crippen MR) is 280 cm³/mol. The Morgan fingerprint density at radius 3 is 2.27 bits per heavy atom. The van der Waals surface area contributed by atoms with E-state index in [9.17, 15) is 22.8 Å². The first-order valence-corrected chi connectivity index (χ1v) is 26.7. The fourth-order valence-corrected chi connectivity index (χ4v) is 12.5. The highest BCUT2D eigenvalue weighted by Crippen LogP contribution is 2.45. The number of carbonyl (C=O) groups excluding carboxylic acids is 3. The van der Waals surface area contributed by atoms with Gasteiger partial charge in [0, 0.05) is 53.5 Å². The Kier molecular flexibility index (Phi) is 14.3. The maximum Gasteiger partial charge on any atom is 0.407 e. The van der Waals surface area contributed by atoms with Gasteiger partial charge in [0.25, 0.3) is 5.91 Å². The number of alkyl carbamates (subject to hydrolysis) is 1. The fraction of sp³-hybridized carbons (Fsp3) is 0.259. The van der Waals surface area contributed by atoms with Crippen LogP contribution in [0.25, 0.3) is 44.3 Å². The van der Waals surface area contributed by atoms with Gasteiger partial charge in [-0.15, -0.1) is 11.3 Å². The van der Waals surface area contributed by atoms with Gasteiger partial charge >= 0.3 is 6.09 Å². The van der Waals surface area contributed by atoms with Crippen LogP contribution in [-0.2, 0) is 53.0 Å². The zero-order valence-electron chi connectivity index (χ0n) is 39.3. The van der Waals surface area contributed by atoms with Crippen molar-refractivity contribution in [3.05, 3.63) is 183 Å². The lowest BCUT2D eigenvalue weighted by molar-refractivity contribution is -0.177. The quantitative estimate of drug-likeness (QED) is 0.115. The van der Waals surface area contributed by atoms with Gasteiger partial charge in [-0.2, -0.15) is 5.06 Å². The summed E-state index contributed by atoms with van der Waals surface area (Å²) in [6.07, 6.45) is 12.5. The number of hydrogen-bond donors (Lipinski definition) is 2. The van der Waals surface area contributed by atoms with Crippen LogP contribution in [0, 0.1) is 0 Å². The highest BCUT2D eigenvalue weighted by molar-refractivity contribution is 7.95. The normalized spacial score (nSPS) is 18.0. The van der Waals surface area contributed by atoms with Crippen molar-refractivity contribution in [3.8, 4) is 32.7 Å². The van der Waals surface area contributed by atoms with Crippen LogP contribution in [-0.4, -0.2) is 57.6 Å².